The summed E-state index contributed by atoms with van der Waals surface area (Å²) in [4.78, 5) is 4.13. The van der Waals surface area contributed by atoms with E-state index in [2.05, 4.69) is 4.98 Å². The maximum Gasteiger partial charge on any atom is 0.123 e. The van der Waals surface area contributed by atoms with Gasteiger partial charge in [0, 0.05) is 6.20 Å². The van der Waals surface area contributed by atoms with E-state index in [0.717, 1.165) is 5.56 Å². The van der Waals surface area contributed by atoms with Gasteiger partial charge in [0.05, 0.1) is 5.69 Å². The maximum absolute atomic E-state index is 12.7. The third kappa shape index (κ3) is 1.67. The molecule has 0 atom stereocenters. The molecule has 2 aromatic rings. The largest absolute Gasteiger partial charge is 0.257 e. The molecular weight excluding hydrogens is 176 g/mol. The average Bonchev–Trinajstić information content (AvgIpc) is 2.20. The van der Waals surface area contributed by atoms with E-state index in [4.69, 9.17) is 7.85 Å². The molecule has 0 aliphatic carbocycles. The van der Waals surface area contributed by atoms with E-state index < -0.39 is 0 Å². The fraction of sp³-hybridized carbons (Fsp3) is 0. The van der Waals surface area contributed by atoms with Gasteiger partial charge < -0.3 is 0 Å². The molecule has 1 aromatic carbocycles. The third-order valence-corrected chi connectivity index (χ3v) is 1.96. The average molecular weight is 183 g/mol. The zero-order chi connectivity index (χ0) is 9.97. The first-order chi connectivity index (χ1) is 6.77. The molecule has 2 radical (unpaired) electrons. The Kier molecular flexibility index (Phi) is 2.31. The summed E-state index contributed by atoms with van der Waals surface area (Å²) in [6, 6.07) is 9.64. The Morgan fingerprint density at radius 1 is 1.07 bits per heavy atom. The van der Waals surface area contributed by atoms with Gasteiger partial charge in [-0.3, -0.25) is 4.98 Å². The Morgan fingerprint density at radius 2 is 1.79 bits per heavy atom. The van der Waals surface area contributed by atoms with Crippen molar-refractivity contribution in [3.05, 3.63) is 48.4 Å². The highest BCUT2D eigenvalue weighted by Gasteiger charge is 2.01. The molecule has 66 valence electrons. The smallest absolute Gasteiger partial charge is 0.123 e. The van der Waals surface area contributed by atoms with Crippen molar-refractivity contribution in [1.82, 2.24) is 4.98 Å². The molecular formula is C11H7BFN. The molecule has 0 aliphatic rings. The summed E-state index contributed by atoms with van der Waals surface area (Å²) in [5.74, 6) is -0.261. The van der Waals surface area contributed by atoms with Gasteiger partial charge in [0.15, 0.2) is 0 Å². The van der Waals surface area contributed by atoms with E-state index in [1.165, 1.54) is 12.1 Å². The second-order valence-corrected chi connectivity index (χ2v) is 2.95. The molecule has 0 amide bonds. The molecule has 3 heteroatoms. The van der Waals surface area contributed by atoms with Gasteiger partial charge in [0.25, 0.3) is 0 Å². The van der Waals surface area contributed by atoms with Gasteiger partial charge in [-0.25, -0.2) is 4.39 Å². The van der Waals surface area contributed by atoms with Gasteiger partial charge in [-0.05, 0) is 35.9 Å². The maximum atomic E-state index is 12.7. The van der Waals surface area contributed by atoms with Crippen LogP contribution in [0.15, 0.2) is 42.6 Å². The molecule has 2 rings (SSSR count). The van der Waals surface area contributed by atoms with Crippen LogP contribution in [-0.4, -0.2) is 12.8 Å². The van der Waals surface area contributed by atoms with Crippen LogP contribution in [0.3, 0.4) is 0 Å². The first-order valence-corrected chi connectivity index (χ1v) is 4.24. The van der Waals surface area contributed by atoms with Crippen LogP contribution in [0, 0.1) is 5.82 Å². The van der Waals surface area contributed by atoms with Crippen molar-refractivity contribution in [2.24, 2.45) is 0 Å². The van der Waals surface area contributed by atoms with Crippen molar-refractivity contribution in [2.45, 2.75) is 0 Å². The predicted molar refractivity (Wildman–Crippen MR) is 55.0 cm³/mol. The summed E-state index contributed by atoms with van der Waals surface area (Å²) >= 11 is 0. The second kappa shape index (κ2) is 3.62. The summed E-state index contributed by atoms with van der Waals surface area (Å²) < 4.78 is 12.7. The number of benzene rings is 1. The minimum Gasteiger partial charge on any atom is -0.257 e. The molecule has 0 unspecified atom stereocenters. The first-order valence-electron chi connectivity index (χ1n) is 4.24. The van der Waals surface area contributed by atoms with Crippen LogP contribution in [0.25, 0.3) is 11.3 Å². The zero-order valence-corrected chi connectivity index (χ0v) is 7.44. The molecule has 0 bridgehead atoms. The van der Waals surface area contributed by atoms with Crippen LogP contribution in [0.4, 0.5) is 4.39 Å². The Bertz CT molecular complexity index is 439. The highest BCUT2D eigenvalue weighted by atomic mass is 19.1. The fourth-order valence-corrected chi connectivity index (χ4v) is 1.27. The van der Waals surface area contributed by atoms with E-state index in [-0.39, 0.29) is 5.82 Å². The molecule has 0 spiro atoms. The second-order valence-electron chi connectivity index (χ2n) is 2.95. The van der Waals surface area contributed by atoms with Crippen molar-refractivity contribution in [2.75, 3.05) is 0 Å². The number of aromatic nitrogens is 1. The number of hydrogen-bond acceptors (Lipinski definition) is 1. The third-order valence-electron chi connectivity index (χ3n) is 1.96. The highest BCUT2D eigenvalue weighted by molar-refractivity contribution is 6.35. The number of halogens is 1. The lowest BCUT2D eigenvalue weighted by molar-refractivity contribution is 0.628. The molecule has 1 aromatic heterocycles. The quantitative estimate of drug-likeness (QED) is 0.613. The number of pyridine rings is 1. The molecule has 14 heavy (non-hydrogen) atoms. The lowest BCUT2D eigenvalue weighted by Crippen LogP contribution is -2.07. The van der Waals surface area contributed by atoms with E-state index >= 15 is 0 Å². The fourth-order valence-electron chi connectivity index (χ4n) is 1.27. The normalized spacial score (nSPS) is 10.1. The molecule has 0 aliphatic heterocycles. The molecule has 0 saturated carbocycles. The van der Waals surface area contributed by atoms with Crippen LogP contribution in [-0.2, 0) is 0 Å². The van der Waals surface area contributed by atoms with E-state index in [0.29, 0.717) is 11.2 Å². The summed E-state index contributed by atoms with van der Waals surface area (Å²) in [7, 11) is 5.73. The lowest BCUT2D eigenvalue weighted by atomic mass is 9.91. The SMILES string of the molecule is [B]c1cccnc1-c1ccc(F)cc1. The van der Waals surface area contributed by atoms with Gasteiger partial charge in [-0.1, -0.05) is 11.5 Å². The van der Waals surface area contributed by atoms with E-state index in [9.17, 15) is 4.39 Å². The van der Waals surface area contributed by atoms with E-state index in [1.807, 2.05) is 0 Å². The lowest BCUT2D eigenvalue weighted by Gasteiger charge is -2.03. The van der Waals surface area contributed by atoms with Gasteiger partial charge >= 0.3 is 0 Å². The van der Waals surface area contributed by atoms with Gasteiger partial charge in [-0.15, -0.1) is 0 Å². The molecule has 1 nitrogen and oxygen atoms in total. The summed E-state index contributed by atoms with van der Waals surface area (Å²) in [6.45, 7) is 0. The zero-order valence-electron chi connectivity index (χ0n) is 7.44. The topological polar surface area (TPSA) is 12.9 Å². The van der Waals surface area contributed by atoms with Gasteiger partial charge in [-0.2, -0.15) is 0 Å². The van der Waals surface area contributed by atoms with E-state index in [1.54, 1.807) is 30.5 Å². The number of nitrogens with zero attached hydrogens (tertiary/aromatic N) is 1. The molecule has 1 heterocycles. The highest BCUT2D eigenvalue weighted by Crippen LogP contribution is 2.14. The Hall–Kier alpha value is -1.64. The Morgan fingerprint density at radius 3 is 2.43 bits per heavy atom. The summed E-state index contributed by atoms with van der Waals surface area (Å²) in [5, 5.41) is 0. The Labute approximate surface area is 83.0 Å². The number of rotatable bonds is 1. The standard InChI is InChI=1S/C11H7BFN/c12-10-2-1-7-14-11(10)8-3-5-9(13)6-4-8/h1-7H. The Balaban J connectivity index is 2.50. The summed E-state index contributed by atoms with van der Waals surface area (Å²) in [5.41, 5.74) is 2.11. The summed E-state index contributed by atoms with van der Waals surface area (Å²) in [6.07, 6.45) is 1.66. The minimum absolute atomic E-state index is 0.261. The monoisotopic (exact) mass is 183 g/mol. The van der Waals surface area contributed by atoms with Crippen molar-refractivity contribution >= 4 is 13.3 Å². The van der Waals surface area contributed by atoms with Crippen molar-refractivity contribution in [3.63, 3.8) is 0 Å². The van der Waals surface area contributed by atoms with Crippen molar-refractivity contribution in [1.29, 1.82) is 0 Å². The van der Waals surface area contributed by atoms with Crippen LogP contribution < -0.4 is 5.46 Å². The number of hydrogen-bond donors (Lipinski definition) is 0. The van der Waals surface area contributed by atoms with Crippen LogP contribution in [0.5, 0.6) is 0 Å². The van der Waals surface area contributed by atoms with Crippen LogP contribution in [0.2, 0.25) is 0 Å². The van der Waals surface area contributed by atoms with Crippen LogP contribution >= 0.6 is 0 Å². The first kappa shape index (κ1) is 8.94. The van der Waals surface area contributed by atoms with Crippen molar-refractivity contribution in [3.8, 4) is 11.3 Å². The molecule has 0 fully saturated rings. The molecule has 0 saturated heterocycles. The minimum atomic E-state index is -0.261. The van der Waals surface area contributed by atoms with Crippen LogP contribution in [0.1, 0.15) is 0 Å². The molecule has 0 N–H and O–H groups in total. The van der Waals surface area contributed by atoms with Gasteiger partial charge in [0.2, 0.25) is 0 Å². The van der Waals surface area contributed by atoms with Gasteiger partial charge in [0.1, 0.15) is 13.7 Å². The predicted octanol–water partition coefficient (Wildman–Crippen LogP) is 1.68. The van der Waals surface area contributed by atoms with Crippen molar-refractivity contribution < 1.29 is 4.39 Å².